The summed E-state index contributed by atoms with van der Waals surface area (Å²) < 4.78 is 21.5. The van der Waals surface area contributed by atoms with Crippen LogP contribution in [0.1, 0.15) is 46.5 Å². The molecule has 0 bridgehead atoms. The van der Waals surface area contributed by atoms with Crippen LogP contribution in [-0.2, 0) is 28.5 Å². The first-order chi connectivity index (χ1) is 13.6. The van der Waals surface area contributed by atoms with Crippen LogP contribution in [0.4, 0.5) is 0 Å². The highest BCUT2D eigenvalue weighted by Gasteiger charge is 2.04. The molecule has 8 nitrogen and oxygen atoms in total. The second-order valence-electron chi connectivity index (χ2n) is 6.56. The van der Waals surface area contributed by atoms with Crippen LogP contribution in [0, 0.1) is 5.92 Å². The number of nitrogens with one attached hydrogen (secondary N) is 2. The summed E-state index contributed by atoms with van der Waals surface area (Å²) in [7, 11) is 0. The van der Waals surface area contributed by atoms with Crippen molar-refractivity contribution in [3.8, 4) is 0 Å². The predicted molar refractivity (Wildman–Crippen MR) is 108 cm³/mol. The van der Waals surface area contributed by atoms with Gasteiger partial charge in [-0.15, -0.1) is 0 Å². The van der Waals surface area contributed by atoms with Gasteiger partial charge in [-0.3, -0.25) is 9.59 Å². The summed E-state index contributed by atoms with van der Waals surface area (Å²) in [5, 5.41) is 5.57. The third-order valence-corrected chi connectivity index (χ3v) is 4.09. The van der Waals surface area contributed by atoms with E-state index in [1.54, 1.807) is 0 Å². The normalized spacial score (nSPS) is 12.0. The molecule has 2 amide bonds. The Hall–Kier alpha value is -1.22. The van der Waals surface area contributed by atoms with Crippen molar-refractivity contribution < 1.29 is 28.5 Å². The van der Waals surface area contributed by atoms with E-state index in [9.17, 15) is 9.59 Å². The molecule has 0 saturated heterocycles. The third-order valence-electron chi connectivity index (χ3n) is 4.09. The molecule has 0 aromatic heterocycles. The highest BCUT2D eigenvalue weighted by atomic mass is 16.6. The van der Waals surface area contributed by atoms with Crippen LogP contribution in [0.2, 0.25) is 0 Å². The van der Waals surface area contributed by atoms with Crippen LogP contribution in [0.15, 0.2) is 0 Å². The Labute approximate surface area is 170 Å². The molecule has 8 heteroatoms. The molecule has 1 unspecified atom stereocenters. The molecule has 0 rings (SSSR count). The van der Waals surface area contributed by atoms with E-state index >= 15 is 0 Å². The second kappa shape index (κ2) is 20.5. The van der Waals surface area contributed by atoms with Crippen molar-refractivity contribution in [2.24, 2.45) is 5.92 Å². The smallest absolute Gasteiger partial charge is 0.222 e. The van der Waals surface area contributed by atoms with Crippen molar-refractivity contribution in [3.05, 3.63) is 0 Å². The van der Waals surface area contributed by atoms with E-state index < -0.39 is 0 Å². The summed E-state index contributed by atoms with van der Waals surface area (Å²) in [6.07, 6.45) is 2.99. The number of hydrogen-bond acceptors (Lipinski definition) is 6. The lowest BCUT2D eigenvalue weighted by Crippen LogP contribution is -2.27. The van der Waals surface area contributed by atoms with Crippen molar-refractivity contribution in [2.75, 3.05) is 65.9 Å². The SMILES string of the molecule is CCNC(=O)CCOCCOCCOCCOCCNC(=O)CCC(C)CC. The van der Waals surface area contributed by atoms with Crippen LogP contribution >= 0.6 is 0 Å². The fourth-order valence-electron chi connectivity index (χ4n) is 2.14. The van der Waals surface area contributed by atoms with Crippen LogP contribution in [0.25, 0.3) is 0 Å². The molecule has 0 aliphatic heterocycles. The maximum Gasteiger partial charge on any atom is 0.222 e. The molecule has 2 N–H and O–H groups in total. The lowest BCUT2D eigenvalue weighted by molar-refractivity contribution is -0.122. The van der Waals surface area contributed by atoms with Crippen molar-refractivity contribution >= 4 is 11.8 Å². The third kappa shape index (κ3) is 19.5. The Morgan fingerprint density at radius 3 is 1.75 bits per heavy atom. The van der Waals surface area contributed by atoms with Crippen molar-refractivity contribution in [3.63, 3.8) is 0 Å². The molecule has 166 valence electrons. The van der Waals surface area contributed by atoms with Crippen LogP contribution in [0.3, 0.4) is 0 Å². The van der Waals surface area contributed by atoms with Crippen LogP contribution in [-0.4, -0.2) is 77.8 Å². The van der Waals surface area contributed by atoms with Gasteiger partial charge in [-0.25, -0.2) is 0 Å². The van der Waals surface area contributed by atoms with E-state index in [0.29, 0.717) is 84.7 Å². The van der Waals surface area contributed by atoms with Gasteiger partial charge in [-0.2, -0.15) is 0 Å². The van der Waals surface area contributed by atoms with E-state index in [4.69, 9.17) is 18.9 Å². The van der Waals surface area contributed by atoms with Crippen molar-refractivity contribution in [1.82, 2.24) is 10.6 Å². The maximum atomic E-state index is 11.6. The zero-order valence-corrected chi connectivity index (χ0v) is 17.9. The van der Waals surface area contributed by atoms with Gasteiger partial charge < -0.3 is 29.6 Å². The van der Waals surface area contributed by atoms with Gasteiger partial charge in [0.1, 0.15) is 0 Å². The number of ether oxygens (including phenoxy) is 4. The summed E-state index contributed by atoms with van der Waals surface area (Å²) >= 11 is 0. The molecule has 0 heterocycles. The quantitative estimate of drug-likeness (QED) is 0.299. The molecule has 0 aromatic rings. The van der Waals surface area contributed by atoms with Gasteiger partial charge in [0.15, 0.2) is 0 Å². The van der Waals surface area contributed by atoms with E-state index in [0.717, 1.165) is 12.8 Å². The Morgan fingerprint density at radius 1 is 0.714 bits per heavy atom. The zero-order valence-electron chi connectivity index (χ0n) is 17.9. The molecule has 1 atom stereocenters. The zero-order chi connectivity index (χ0) is 20.9. The molecule has 0 aromatic carbocycles. The highest BCUT2D eigenvalue weighted by molar-refractivity contribution is 5.76. The molecule has 0 aliphatic rings. The summed E-state index contributed by atoms with van der Waals surface area (Å²) in [5.74, 6) is 0.683. The Balaban J connectivity index is 3.18. The first-order valence-electron chi connectivity index (χ1n) is 10.4. The minimum atomic E-state index is 0.00280. The van der Waals surface area contributed by atoms with E-state index in [1.807, 2.05) is 6.92 Å². The lowest BCUT2D eigenvalue weighted by Gasteiger charge is -2.09. The van der Waals surface area contributed by atoms with Crippen LogP contribution < -0.4 is 10.6 Å². The van der Waals surface area contributed by atoms with E-state index in [-0.39, 0.29) is 11.8 Å². The molecule has 0 fully saturated rings. The van der Waals surface area contributed by atoms with E-state index in [2.05, 4.69) is 24.5 Å². The summed E-state index contributed by atoms with van der Waals surface area (Å²) in [6, 6.07) is 0. The first kappa shape index (κ1) is 26.8. The average molecular weight is 405 g/mol. The number of rotatable bonds is 20. The molecule has 0 spiro atoms. The molecular formula is C20H40N2O6. The maximum absolute atomic E-state index is 11.6. The van der Waals surface area contributed by atoms with Gasteiger partial charge in [0.05, 0.1) is 52.9 Å². The standard InChI is InChI=1S/C20H40N2O6/c1-4-18(3)6-7-19(23)22-9-11-26-13-15-28-17-16-27-14-12-25-10-8-20(24)21-5-2/h18H,4-17H2,1-3H3,(H,21,24)(H,22,23). The van der Waals surface area contributed by atoms with Gasteiger partial charge >= 0.3 is 0 Å². The first-order valence-corrected chi connectivity index (χ1v) is 10.4. The summed E-state index contributed by atoms with van der Waals surface area (Å²) in [6.45, 7) is 11.2. The van der Waals surface area contributed by atoms with Gasteiger partial charge in [-0.05, 0) is 19.3 Å². The van der Waals surface area contributed by atoms with Gasteiger partial charge in [-0.1, -0.05) is 20.3 Å². The summed E-state index contributed by atoms with van der Waals surface area (Å²) in [5.41, 5.74) is 0. The average Bonchev–Trinajstić information content (AvgIpc) is 2.69. The molecule has 28 heavy (non-hydrogen) atoms. The van der Waals surface area contributed by atoms with Crippen molar-refractivity contribution in [2.45, 2.75) is 46.5 Å². The largest absolute Gasteiger partial charge is 0.379 e. The Kier molecular flexibility index (Phi) is 19.6. The molecule has 0 radical (unpaired) electrons. The second-order valence-corrected chi connectivity index (χ2v) is 6.56. The van der Waals surface area contributed by atoms with Crippen molar-refractivity contribution in [1.29, 1.82) is 0 Å². The monoisotopic (exact) mass is 404 g/mol. The number of carbonyl (C=O) groups is 2. The molecule has 0 saturated carbocycles. The Bertz CT molecular complexity index is 382. The number of amides is 2. The number of carbonyl (C=O) groups excluding carboxylic acids is 2. The molecular weight excluding hydrogens is 364 g/mol. The predicted octanol–water partition coefficient (Wildman–Crippen LogP) is 1.52. The minimum absolute atomic E-state index is 0.00280. The summed E-state index contributed by atoms with van der Waals surface area (Å²) in [4.78, 5) is 22.8. The lowest BCUT2D eigenvalue weighted by atomic mass is 10.0. The Morgan fingerprint density at radius 2 is 1.21 bits per heavy atom. The topological polar surface area (TPSA) is 95.1 Å². The van der Waals surface area contributed by atoms with Gasteiger partial charge in [0.2, 0.25) is 11.8 Å². The van der Waals surface area contributed by atoms with Crippen LogP contribution in [0.5, 0.6) is 0 Å². The fourth-order valence-corrected chi connectivity index (χ4v) is 2.14. The fraction of sp³-hybridized carbons (Fsp3) is 0.900. The molecule has 0 aliphatic carbocycles. The van der Waals surface area contributed by atoms with Gasteiger partial charge in [0.25, 0.3) is 0 Å². The minimum Gasteiger partial charge on any atom is -0.379 e. The van der Waals surface area contributed by atoms with Gasteiger partial charge in [0, 0.05) is 25.9 Å². The van der Waals surface area contributed by atoms with E-state index in [1.165, 1.54) is 0 Å². The number of hydrogen-bond donors (Lipinski definition) is 2. The highest BCUT2D eigenvalue weighted by Crippen LogP contribution is 2.08.